The molecule has 3 N–H and O–H groups in total. The molecule has 0 unspecified atom stereocenters. The highest BCUT2D eigenvalue weighted by Gasteiger charge is 2.08. The summed E-state index contributed by atoms with van der Waals surface area (Å²) in [6.45, 7) is 0.112. The maximum absolute atomic E-state index is 10.4. The molecule has 1 aromatic carbocycles. The average Bonchev–Trinajstić information content (AvgIpc) is 2.26. The summed E-state index contributed by atoms with van der Waals surface area (Å²) in [7, 11) is 0. The minimum atomic E-state index is -0.441. The van der Waals surface area contributed by atoms with E-state index >= 15 is 0 Å². The zero-order valence-electron chi connectivity index (χ0n) is 8.70. The van der Waals surface area contributed by atoms with Crippen LogP contribution in [0.4, 0.5) is 5.69 Å². The van der Waals surface area contributed by atoms with Crippen molar-refractivity contribution < 1.29 is 10.0 Å². The lowest BCUT2D eigenvalue weighted by Crippen LogP contribution is -2.10. The molecule has 0 saturated heterocycles. The van der Waals surface area contributed by atoms with Gasteiger partial charge in [0.05, 0.1) is 4.92 Å². The summed E-state index contributed by atoms with van der Waals surface area (Å²) in [5.74, 6) is 0. The summed E-state index contributed by atoms with van der Waals surface area (Å²) in [4.78, 5) is 9.95. The number of non-ortho nitro benzene ring substituents is 1. The Morgan fingerprint density at radius 3 is 2.38 bits per heavy atom. The third kappa shape index (κ3) is 4.14. The fraction of sp³-hybridized carbons (Fsp3) is 0.400. The molecule has 1 atom stereocenters. The van der Waals surface area contributed by atoms with Gasteiger partial charge in [0.1, 0.15) is 0 Å². The lowest BCUT2D eigenvalue weighted by Gasteiger charge is -2.10. The lowest BCUT2D eigenvalue weighted by molar-refractivity contribution is -0.384. The smallest absolute Gasteiger partial charge is 0.269 e. The summed E-state index contributed by atoms with van der Waals surface area (Å²) in [6, 6.07) is 6.01. The Morgan fingerprint density at radius 2 is 1.94 bits per heavy atom. The molecule has 90 valence electrons. The molecule has 0 heterocycles. The van der Waals surface area contributed by atoms with Crippen molar-refractivity contribution in [2.24, 2.45) is 5.73 Å². The zero-order chi connectivity index (χ0) is 11.3. The quantitative estimate of drug-likeness (QED) is 0.612. The van der Waals surface area contributed by atoms with Gasteiger partial charge < -0.3 is 10.8 Å². The third-order valence-electron chi connectivity index (χ3n) is 2.21. The van der Waals surface area contributed by atoms with Gasteiger partial charge in [-0.2, -0.15) is 0 Å². The van der Waals surface area contributed by atoms with Crippen LogP contribution in [-0.4, -0.2) is 16.6 Å². The van der Waals surface area contributed by atoms with Crippen LogP contribution in [0.15, 0.2) is 24.3 Å². The highest BCUT2D eigenvalue weighted by Crippen LogP contribution is 2.19. The molecule has 0 aromatic heterocycles. The first-order chi connectivity index (χ1) is 7.15. The Balaban J connectivity index is 0.00000225. The van der Waals surface area contributed by atoms with E-state index in [1.165, 1.54) is 12.1 Å². The van der Waals surface area contributed by atoms with Gasteiger partial charge in [0.2, 0.25) is 0 Å². The minimum Gasteiger partial charge on any atom is -0.396 e. The normalized spacial score (nSPS) is 11.6. The minimum absolute atomic E-state index is 0. The molecule has 0 spiro atoms. The standard InChI is InChI=1S/C10H14N2O3.ClH/c11-10(2-1-7-13)8-3-5-9(6-4-8)12(14)15;/h3-6,10,13H,1-2,7,11H2;1H/t10-;/m1./s1. The Hall–Kier alpha value is -1.17. The van der Waals surface area contributed by atoms with Gasteiger partial charge in [0.15, 0.2) is 0 Å². The molecule has 1 aromatic rings. The van der Waals surface area contributed by atoms with Crippen LogP contribution in [-0.2, 0) is 0 Å². The van der Waals surface area contributed by atoms with Crippen LogP contribution in [0.3, 0.4) is 0 Å². The molecule has 16 heavy (non-hydrogen) atoms. The van der Waals surface area contributed by atoms with Crippen LogP contribution in [0, 0.1) is 10.1 Å². The molecule has 0 aliphatic rings. The third-order valence-corrected chi connectivity index (χ3v) is 2.21. The van der Waals surface area contributed by atoms with E-state index in [4.69, 9.17) is 10.8 Å². The van der Waals surface area contributed by atoms with Gasteiger partial charge in [-0.3, -0.25) is 10.1 Å². The number of nitro groups is 1. The first-order valence-electron chi connectivity index (χ1n) is 4.76. The van der Waals surface area contributed by atoms with Crippen molar-refractivity contribution in [3.8, 4) is 0 Å². The second kappa shape index (κ2) is 7.16. The molecule has 0 fully saturated rings. The number of halogens is 1. The molecule has 0 aliphatic heterocycles. The summed E-state index contributed by atoms with van der Waals surface area (Å²) in [5.41, 5.74) is 6.74. The topological polar surface area (TPSA) is 89.4 Å². The number of hydrogen-bond donors (Lipinski definition) is 2. The zero-order valence-corrected chi connectivity index (χ0v) is 9.52. The second-order valence-corrected chi connectivity index (χ2v) is 3.32. The highest BCUT2D eigenvalue weighted by atomic mass is 35.5. The monoisotopic (exact) mass is 246 g/mol. The van der Waals surface area contributed by atoms with Crippen molar-refractivity contribution in [1.82, 2.24) is 0 Å². The Morgan fingerprint density at radius 1 is 1.38 bits per heavy atom. The van der Waals surface area contributed by atoms with Crippen LogP contribution in [0.2, 0.25) is 0 Å². The molecule has 0 saturated carbocycles. The van der Waals surface area contributed by atoms with Gasteiger partial charge >= 0.3 is 0 Å². The predicted octanol–water partition coefficient (Wildman–Crippen LogP) is 1.79. The Kier molecular flexibility index (Phi) is 6.64. The maximum atomic E-state index is 10.4. The molecule has 0 bridgehead atoms. The van der Waals surface area contributed by atoms with Gasteiger partial charge in [0, 0.05) is 24.8 Å². The average molecular weight is 247 g/mol. The Bertz CT molecular complexity index is 329. The number of benzene rings is 1. The van der Waals surface area contributed by atoms with E-state index < -0.39 is 4.92 Å². The maximum Gasteiger partial charge on any atom is 0.269 e. The molecule has 6 heteroatoms. The molecular formula is C10H15ClN2O3. The Labute approximate surface area is 99.8 Å². The van der Waals surface area contributed by atoms with Gasteiger partial charge in [-0.05, 0) is 18.4 Å². The van der Waals surface area contributed by atoms with Gasteiger partial charge in [-0.1, -0.05) is 12.1 Å². The van der Waals surface area contributed by atoms with E-state index in [9.17, 15) is 10.1 Å². The van der Waals surface area contributed by atoms with E-state index in [0.29, 0.717) is 12.8 Å². The first kappa shape index (κ1) is 14.8. The van der Waals surface area contributed by atoms with Crippen molar-refractivity contribution in [2.75, 3.05) is 6.61 Å². The van der Waals surface area contributed by atoms with Crippen LogP contribution < -0.4 is 5.73 Å². The van der Waals surface area contributed by atoms with Crippen LogP contribution in [0.5, 0.6) is 0 Å². The van der Waals surface area contributed by atoms with Crippen molar-refractivity contribution in [3.63, 3.8) is 0 Å². The van der Waals surface area contributed by atoms with Crippen molar-refractivity contribution in [2.45, 2.75) is 18.9 Å². The fourth-order valence-electron chi connectivity index (χ4n) is 1.32. The van der Waals surface area contributed by atoms with Crippen LogP contribution in [0.1, 0.15) is 24.4 Å². The number of aliphatic hydroxyl groups is 1. The van der Waals surface area contributed by atoms with Crippen molar-refractivity contribution in [3.05, 3.63) is 39.9 Å². The molecule has 0 radical (unpaired) electrons. The summed E-state index contributed by atoms with van der Waals surface area (Å²) in [5, 5.41) is 19.0. The second-order valence-electron chi connectivity index (χ2n) is 3.32. The van der Waals surface area contributed by atoms with E-state index in [0.717, 1.165) is 5.56 Å². The highest BCUT2D eigenvalue weighted by molar-refractivity contribution is 5.85. The van der Waals surface area contributed by atoms with E-state index in [1.54, 1.807) is 12.1 Å². The van der Waals surface area contributed by atoms with E-state index in [2.05, 4.69) is 0 Å². The predicted molar refractivity (Wildman–Crippen MR) is 63.6 cm³/mol. The van der Waals surface area contributed by atoms with E-state index in [-0.39, 0.29) is 30.7 Å². The summed E-state index contributed by atoms with van der Waals surface area (Å²) in [6.07, 6.45) is 1.31. The molecule has 0 aliphatic carbocycles. The largest absolute Gasteiger partial charge is 0.396 e. The SMILES string of the molecule is Cl.N[C@H](CCCO)c1ccc([N+](=O)[O-])cc1. The van der Waals surface area contributed by atoms with Crippen molar-refractivity contribution >= 4 is 18.1 Å². The summed E-state index contributed by atoms with van der Waals surface area (Å²) < 4.78 is 0. The van der Waals surface area contributed by atoms with Gasteiger partial charge in [-0.15, -0.1) is 12.4 Å². The number of nitrogens with zero attached hydrogens (tertiary/aromatic N) is 1. The van der Waals surface area contributed by atoms with Gasteiger partial charge in [0.25, 0.3) is 5.69 Å². The number of aliphatic hydroxyl groups excluding tert-OH is 1. The van der Waals surface area contributed by atoms with Gasteiger partial charge in [-0.25, -0.2) is 0 Å². The molecule has 0 amide bonds. The number of nitrogens with two attached hydrogens (primary N) is 1. The molecule has 1 rings (SSSR count). The lowest BCUT2D eigenvalue weighted by atomic mass is 10.0. The number of rotatable bonds is 5. The molecule has 5 nitrogen and oxygen atoms in total. The number of nitro benzene ring substituents is 1. The molecular weight excluding hydrogens is 232 g/mol. The number of hydrogen-bond acceptors (Lipinski definition) is 4. The van der Waals surface area contributed by atoms with Crippen LogP contribution in [0.25, 0.3) is 0 Å². The van der Waals surface area contributed by atoms with Crippen LogP contribution >= 0.6 is 12.4 Å². The fourth-order valence-corrected chi connectivity index (χ4v) is 1.32. The van der Waals surface area contributed by atoms with E-state index in [1.807, 2.05) is 0 Å². The first-order valence-corrected chi connectivity index (χ1v) is 4.76. The summed E-state index contributed by atoms with van der Waals surface area (Å²) >= 11 is 0. The van der Waals surface area contributed by atoms with Crippen molar-refractivity contribution in [1.29, 1.82) is 0 Å².